The molecule has 0 radical (unpaired) electrons. The summed E-state index contributed by atoms with van der Waals surface area (Å²) in [7, 11) is -3.69. The maximum Gasteiger partial charge on any atom is 0.244 e. The Kier molecular flexibility index (Phi) is 6.16. The van der Waals surface area contributed by atoms with E-state index in [4.69, 9.17) is 0 Å². The number of nitrogens with one attached hydrogen (secondary N) is 1. The predicted octanol–water partition coefficient (Wildman–Crippen LogP) is 1.90. The molecule has 7 heteroatoms. The van der Waals surface area contributed by atoms with Gasteiger partial charge in [0.1, 0.15) is 0 Å². The third-order valence-electron chi connectivity index (χ3n) is 2.75. The first-order valence-electron chi connectivity index (χ1n) is 6.35. The van der Waals surface area contributed by atoms with E-state index in [-0.39, 0.29) is 23.9 Å². The van der Waals surface area contributed by atoms with Crippen molar-refractivity contribution < 1.29 is 13.2 Å². The van der Waals surface area contributed by atoms with Gasteiger partial charge >= 0.3 is 0 Å². The number of sulfonamides is 1. The van der Waals surface area contributed by atoms with Crippen molar-refractivity contribution in [3.05, 3.63) is 28.2 Å². The van der Waals surface area contributed by atoms with Crippen molar-refractivity contribution >= 4 is 31.9 Å². The first kappa shape index (κ1) is 17.1. The number of carbonyl (C=O) groups is 1. The predicted molar refractivity (Wildman–Crippen MR) is 82.0 cm³/mol. The average molecular weight is 363 g/mol. The van der Waals surface area contributed by atoms with E-state index in [0.717, 1.165) is 9.87 Å². The Balaban J connectivity index is 3.09. The summed E-state index contributed by atoms with van der Waals surface area (Å²) in [6, 6.07) is 5.03. The number of benzene rings is 1. The number of likely N-dealkylation sites (N-methyl/N-ethyl adjacent to an activating group) is 2. The fourth-order valence-electron chi connectivity index (χ4n) is 1.73. The van der Waals surface area contributed by atoms with Gasteiger partial charge in [0, 0.05) is 17.6 Å². The average Bonchev–Trinajstić information content (AvgIpc) is 2.35. The minimum Gasteiger partial charge on any atom is -0.355 e. The number of nitrogens with zero attached hydrogens (tertiary/aromatic N) is 1. The quantitative estimate of drug-likeness (QED) is 0.840. The number of aryl methyl sites for hydroxylation is 1. The number of carbonyl (C=O) groups excluding carboxylic acids is 1. The summed E-state index contributed by atoms with van der Waals surface area (Å²) >= 11 is 3.27. The van der Waals surface area contributed by atoms with Crippen molar-refractivity contribution in [3.63, 3.8) is 0 Å². The highest BCUT2D eigenvalue weighted by atomic mass is 79.9. The summed E-state index contributed by atoms with van der Waals surface area (Å²) in [5, 5.41) is 2.60. The number of halogens is 1. The van der Waals surface area contributed by atoms with Crippen LogP contribution in [0.25, 0.3) is 0 Å². The lowest BCUT2D eigenvalue weighted by molar-refractivity contribution is -0.121. The van der Waals surface area contributed by atoms with Gasteiger partial charge in [-0.15, -0.1) is 0 Å². The number of rotatable bonds is 6. The van der Waals surface area contributed by atoms with Crippen molar-refractivity contribution in [1.82, 2.24) is 9.62 Å². The fraction of sp³-hybridized carbons (Fsp3) is 0.462. The molecular weight excluding hydrogens is 344 g/mol. The second-order valence-corrected chi connectivity index (χ2v) is 7.08. The van der Waals surface area contributed by atoms with Crippen LogP contribution in [0.5, 0.6) is 0 Å². The molecule has 0 bridgehead atoms. The van der Waals surface area contributed by atoms with Crippen molar-refractivity contribution in [1.29, 1.82) is 0 Å². The molecule has 0 atom stereocenters. The lowest BCUT2D eigenvalue weighted by atomic mass is 10.2. The van der Waals surface area contributed by atoms with Gasteiger partial charge in [-0.1, -0.05) is 13.0 Å². The van der Waals surface area contributed by atoms with Crippen molar-refractivity contribution in [2.24, 2.45) is 0 Å². The zero-order valence-electron chi connectivity index (χ0n) is 11.8. The molecule has 0 unspecified atom stereocenters. The van der Waals surface area contributed by atoms with Gasteiger partial charge < -0.3 is 5.32 Å². The van der Waals surface area contributed by atoms with E-state index < -0.39 is 10.0 Å². The Bertz CT molecular complexity index is 587. The third-order valence-corrected chi connectivity index (χ3v) is 5.65. The summed E-state index contributed by atoms with van der Waals surface area (Å²) < 4.78 is 26.8. The topological polar surface area (TPSA) is 66.5 Å². The molecule has 0 heterocycles. The largest absolute Gasteiger partial charge is 0.355 e. The van der Waals surface area contributed by atoms with Gasteiger partial charge in [-0.05, 0) is 47.5 Å². The molecule has 0 aromatic heterocycles. The van der Waals surface area contributed by atoms with Crippen LogP contribution in [0.15, 0.2) is 27.6 Å². The SMILES string of the molecule is CCNC(=O)CN(CC)S(=O)(=O)c1ccc(C)cc1Br. The van der Waals surface area contributed by atoms with Crippen molar-refractivity contribution in [2.75, 3.05) is 19.6 Å². The van der Waals surface area contributed by atoms with Crippen LogP contribution < -0.4 is 5.32 Å². The molecule has 1 amide bonds. The number of hydrogen-bond acceptors (Lipinski definition) is 3. The van der Waals surface area contributed by atoms with E-state index in [9.17, 15) is 13.2 Å². The molecule has 0 aliphatic heterocycles. The monoisotopic (exact) mass is 362 g/mol. The van der Waals surface area contributed by atoms with Crippen LogP contribution in [0.4, 0.5) is 0 Å². The molecule has 20 heavy (non-hydrogen) atoms. The normalized spacial score (nSPS) is 11.7. The molecule has 0 saturated heterocycles. The molecule has 5 nitrogen and oxygen atoms in total. The second kappa shape index (κ2) is 7.19. The molecule has 1 N–H and O–H groups in total. The summed E-state index contributed by atoms with van der Waals surface area (Å²) in [6.45, 7) is 5.92. The van der Waals surface area contributed by atoms with Crippen LogP contribution in [0.1, 0.15) is 19.4 Å². The van der Waals surface area contributed by atoms with Gasteiger partial charge in [-0.3, -0.25) is 4.79 Å². The molecule has 112 valence electrons. The van der Waals surface area contributed by atoms with Crippen LogP contribution in [-0.4, -0.2) is 38.3 Å². The minimum absolute atomic E-state index is 0.174. The lowest BCUT2D eigenvalue weighted by Gasteiger charge is -2.20. The lowest BCUT2D eigenvalue weighted by Crippen LogP contribution is -2.40. The molecule has 0 spiro atoms. The van der Waals surface area contributed by atoms with Gasteiger partial charge in [0.2, 0.25) is 15.9 Å². The smallest absolute Gasteiger partial charge is 0.244 e. The molecule has 1 rings (SSSR count). The molecular formula is C13H19BrN2O3S. The minimum atomic E-state index is -3.69. The van der Waals surface area contributed by atoms with Gasteiger partial charge in [0.05, 0.1) is 11.4 Å². The Labute approximate surface area is 128 Å². The molecule has 0 saturated carbocycles. The Hall–Kier alpha value is -0.920. The summed E-state index contributed by atoms with van der Waals surface area (Å²) in [5.41, 5.74) is 0.961. The zero-order valence-corrected chi connectivity index (χ0v) is 14.2. The third kappa shape index (κ3) is 4.04. The molecule has 0 aliphatic carbocycles. The number of amides is 1. The maximum atomic E-state index is 12.6. The molecule has 1 aromatic rings. The summed E-state index contributed by atoms with van der Waals surface area (Å²) in [5.74, 6) is -0.304. The van der Waals surface area contributed by atoms with Crippen LogP contribution >= 0.6 is 15.9 Å². The first-order chi connectivity index (χ1) is 9.32. The first-order valence-corrected chi connectivity index (χ1v) is 8.59. The highest BCUT2D eigenvalue weighted by molar-refractivity contribution is 9.10. The van der Waals surface area contributed by atoms with Crippen LogP contribution in [0, 0.1) is 6.92 Å². The van der Waals surface area contributed by atoms with Crippen LogP contribution in [-0.2, 0) is 14.8 Å². The summed E-state index contributed by atoms with van der Waals surface area (Å²) in [4.78, 5) is 11.8. The van der Waals surface area contributed by atoms with Crippen LogP contribution in [0.3, 0.4) is 0 Å². The van der Waals surface area contributed by atoms with Crippen molar-refractivity contribution in [3.8, 4) is 0 Å². The Morgan fingerprint density at radius 3 is 2.50 bits per heavy atom. The number of hydrogen-bond donors (Lipinski definition) is 1. The Morgan fingerprint density at radius 1 is 1.35 bits per heavy atom. The van der Waals surface area contributed by atoms with E-state index >= 15 is 0 Å². The highest BCUT2D eigenvalue weighted by Gasteiger charge is 2.26. The van der Waals surface area contributed by atoms with Gasteiger partial charge in [-0.25, -0.2) is 8.42 Å². The van der Waals surface area contributed by atoms with Gasteiger partial charge in [0.25, 0.3) is 0 Å². The fourth-order valence-corrected chi connectivity index (χ4v) is 4.29. The van der Waals surface area contributed by atoms with Crippen LogP contribution in [0.2, 0.25) is 0 Å². The zero-order chi connectivity index (χ0) is 15.3. The van der Waals surface area contributed by atoms with E-state index in [0.29, 0.717) is 11.0 Å². The van der Waals surface area contributed by atoms with Crippen molar-refractivity contribution in [2.45, 2.75) is 25.7 Å². The Morgan fingerprint density at radius 2 is 2.00 bits per heavy atom. The highest BCUT2D eigenvalue weighted by Crippen LogP contribution is 2.25. The van der Waals surface area contributed by atoms with E-state index in [1.54, 1.807) is 32.0 Å². The molecule has 0 fully saturated rings. The van der Waals surface area contributed by atoms with Gasteiger partial charge in [-0.2, -0.15) is 4.31 Å². The van der Waals surface area contributed by atoms with Gasteiger partial charge in [0.15, 0.2) is 0 Å². The summed E-state index contributed by atoms with van der Waals surface area (Å²) in [6.07, 6.45) is 0. The van der Waals surface area contributed by atoms with E-state index in [1.807, 2.05) is 6.92 Å². The molecule has 1 aromatic carbocycles. The van der Waals surface area contributed by atoms with E-state index in [2.05, 4.69) is 21.2 Å². The standard InChI is InChI=1S/C13H19BrN2O3S/c1-4-15-13(17)9-16(5-2)20(18,19)12-7-6-10(3)8-11(12)14/h6-8H,4-5,9H2,1-3H3,(H,15,17). The van der Waals surface area contributed by atoms with E-state index in [1.165, 1.54) is 0 Å². The maximum absolute atomic E-state index is 12.6. The second-order valence-electron chi connectivity index (χ2n) is 4.32. The molecule has 0 aliphatic rings.